The second-order valence-corrected chi connectivity index (χ2v) is 5.32. The van der Waals surface area contributed by atoms with Gasteiger partial charge in [-0.3, -0.25) is 4.79 Å². The third-order valence-electron chi connectivity index (χ3n) is 2.56. The van der Waals surface area contributed by atoms with Crippen LogP contribution in [0.5, 0.6) is 0 Å². The third-order valence-corrected chi connectivity index (χ3v) is 3.31. The van der Waals surface area contributed by atoms with Gasteiger partial charge in [0, 0.05) is 20.6 Å². The normalized spacial score (nSPS) is 10.5. The molecule has 0 saturated carbocycles. The van der Waals surface area contributed by atoms with Gasteiger partial charge in [-0.1, -0.05) is 46.9 Å². The van der Waals surface area contributed by atoms with Crippen LogP contribution in [0.25, 0.3) is 11.1 Å². The summed E-state index contributed by atoms with van der Waals surface area (Å²) in [5.41, 5.74) is 2.21. The molecule has 19 heavy (non-hydrogen) atoms. The van der Waals surface area contributed by atoms with Gasteiger partial charge in [0.15, 0.2) is 0 Å². The average Bonchev–Trinajstić information content (AvgIpc) is 2.26. The summed E-state index contributed by atoms with van der Waals surface area (Å²) in [5.74, 6) is -0.894. The molecule has 0 aliphatic rings. The van der Waals surface area contributed by atoms with E-state index in [2.05, 4.69) is 0 Å². The van der Waals surface area contributed by atoms with Gasteiger partial charge in [-0.25, -0.2) is 0 Å². The molecule has 5 heteroatoms. The topological polar surface area (TPSA) is 37.3 Å². The van der Waals surface area contributed by atoms with Crippen molar-refractivity contribution in [3.05, 3.63) is 57.0 Å². The van der Waals surface area contributed by atoms with Crippen LogP contribution in [0.1, 0.15) is 5.56 Å². The van der Waals surface area contributed by atoms with Crippen molar-refractivity contribution in [3.63, 3.8) is 0 Å². The molecular formula is C14H9Cl3O2. The molecule has 98 valence electrons. The van der Waals surface area contributed by atoms with Crippen molar-refractivity contribution in [1.29, 1.82) is 0 Å². The number of carboxylic acid groups (broad SMARTS) is 1. The van der Waals surface area contributed by atoms with Crippen molar-refractivity contribution in [3.8, 4) is 11.1 Å². The van der Waals surface area contributed by atoms with Crippen molar-refractivity contribution >= 4 is 40.8 Å². The van der Waals surface area contributed by atoms with Gasteiger partial charge in [0.25, 0.3) is 0 Å². The monoisotopic (exact) mass is 314 g/mol. The zero-order valence-electron chi connectivity index (χ0n) is 9.66. The third kappa shape index (κ3) is 3.63. The van der Waals surface area contributed by atoms with E-state index in [1.165, 1.54) is 0 Å². The van der Waals surface area contributed by atoms with Crippen LogP contribution in [0.2, 0.25) is 15.1 Å². The zero-order valence-corrected chi connectivity index (χ0v) is 11.9. The maximum atomic E-state index is 10.6. The molecule has 2 rings (SSSR count). The molecule has 0 bridgehead atoms. The minimum atomic E-state index is -0.894. The molecule has 0 heterocycles. The molecule has 1 N–H and O–H groups in total. The van der Waals surface area contributed by atoms with E-state index in [1.807, 2.05) is 0 Å². The lowest BCUT2D eigenvalue weighted by Gasteiger charge is -2.07. The van der Waals surface area contributed by atoms with E-state index in [4.69, 9.17) is 39.9 Å². The van der Waals surface area contributed by atoms with E-state index in [1.54, 1.807) is 36.4 Å². The maximum absolute atomic E-state index is 10.6. The number of carboxylic acids is 1. The molecule has 0 saturated heterocycles. The number of hydrogen-bond acceptors (Lipinski definition) is 1. The fourth-order valence-electron chi connectivity index (χ4n) is 1.79. The summed E-state index contributed by atoms with van der Waals surface area (Å²) < 4.78 is 0. The Labute approximate surface area is 125 Å². The number of halogens is 3. The first-order valence-electron chi connectivity index (χ1n) is 5.42. The first kappa shape index (κ1) is 14.2. The molecule has 2 nitrogen and oxygen atoms in total. The Bertz CT molecular complexity index is 618. The Kier molecular flexibility index (Phi) is 4.35. The Balaban J connectivity index is 2.42. The van der Waals surface area contributed by atoms with E-state index in [9.17, 15) is 4.79 Å². The summed E-state index contributed by atoms with van der Waals surface area (Å²) in [7, 11) is 0. The number of hydrogen-bond donors (Lipinski definition) is 1. The predicted molar refractivity (Wildman–Crippen MR) is 78.2 cm³/mol. The molecule has 0 aliphatic heterocycles. The summed E-state index contributed by atoms with van der Waals surface area (Å²) >= 11 is 18.1. The molecular weight excluding hydrogens is 307 g/mol. The maximum Gasteiger partial charge on any atom is 0.307 e. The largest absolute Gasteiger partial charge is 0.481 e. The van der Waals surface area contributed by atoms with Crippen LogP contribution in [0, 0.1) is 0 Å². The molecule has 0 unspecified atom stereocenters. The van der Waals surface area contributed by atoms with Crippen LogP contribution < -0.4 is 0 Å². The quantitative estimate of drug-likeness (QED) is 0.871. The minimum absolute atomic E-state index is 0.0592. The van der Waals surface area contributed by atoms with E-state index >= 15 is 0 Å². The van der Waals surface area contributed by atoms with Crippen LogP contribution in [-0.4, -0.2) is 11.1 Å². The van der Waals surface area contributed by atoms with Gasteiger partial charge in [-0.05, 0) is 35.4 Å². The van der Waals surface area contributed by atoms with E-state index in [0.717, 1.165) is 11.1 Å². The number of rotatable bonds is 3. The highest BCUT2D eigenvalue weighted by Gasteiger charge is 2.08. The van der Waals surface area contributed by atoms with Gasteiger partial charge in [-0.2, -0.15) is 0 Å². The lowest BCUT2D eigenvalue weighted by Crippen LogP contribution is -1.99. The number of aliphatic carboxylic acids is 1. The van der Waals surface area contributed by atoms with Crippen molar-refractivity contribution in [2.45, 2.75) is 6.42 Å². The summed E-state index contributed by atoms with van der Waals surface area (Å²) in [5, 5.41) is 10.3. The first-order chi connectivity index (χ1) is 8.95. The summed E-state index contributed by atoms with van der Waals surface area (Å²) in [6.07, 6.45) is -0.0592. The molecule has 2 aromatic rings. The SMILES string of the molecule is O=C(O)Cc1ccc(-c2cc(Cl)cc(Cl)c2)c(Cl)c1. The number of benzene rings is 2. The second kappa shape index (κ2) is 5.83. The van der Waals surface area contributed by atoms with Crippen LogP contribution in [-0.2, 0) is 11.2 Å². The van der Waals surface area contributed by atoms with Gasteiger partial charge in [0.1, 0.15) is 0 Å². The van der Waals surface area contributed by atoms with Gasteiger partial charge in [0.05, 0.1) is 6.42 Å². The molecule has 2 aromatic carbocycles. The molecule has 0 fully saturated rings. The standard InChI is InChI=1S/C14H9Cl3O2/c15-10-5-9(6-11(16)7-10)12-2-1-8(3-13(12)17)4-14(18)19/h1-3,5-7H,4H2,(H,18,19). The lowest BCUT2D eigenvalue weighted by atomic mass is 10.0. The van der Waals surface area contributed by atoms with Crippen LogP contribution in [0.3, 0.4) is 0 Å². The van der Waals surface area contributed by atoms with E-state index < -0.39 is 5.97 Å². The van der Waals surface area contributed by atoms with Gasteiger partial charge in [-0.15, -0.1) is 0 Å². The molecule has 0 aliphatic carbocycles. The zero-order chi connectivity index (χ0) is 14.0. The molecule has 0 spiro atoms. The second-order valence-electron chi connectivity index (χ2n) is 4.04. The summed E-state index contributed by atoms with van der Waals surface area (Å²) in [6.45, 7) is 0. The van der Waals surface area contributed by atoms with E-state index in [-0.39, 0.29) is 6.42 Å². The van der Waals surface area contributed by atoms with Crippen molar-refractivity contribution in [2.75, 3.05) is 0 Å². The predicted octanol–water partition coefficient (Wildman–Crippen LogP) is 4.94. The van der Waals surface area contributed by atoms with Crippen molar-refractivity contribution in [1.82, 2.24) is 0 Å². The molecule has 0 aromatic heterocycles. The van der Waals surface area contributed by atoms with Gasteiger partial charge >= 0.3 is 5.97 Å². The fourth-order valence-corrected chi connectivity index (χ4v) is 2.62. The lowest BCUT2D eigenvalue weighted by molar-refractivity contribution is -0.136. The molecule has 0 amide bonds. The highest BCUT2D eigenvalue weighted by atomic mass is 35.5. The summed E-state index contributed by atoms with van der Waals surface area (Å²) in [6, 6.07) is 10.3. The highest BCUT2D eigenvalue weighted by Crippen LogP contribution is 2.32. The van der Waals surface area contributed by atoms with Gasteiger partial charge < -0.3 is 5.11 Å². The van der Waals surface area contributed by atoms with Crippen molar-refractivity contribution < 1.29 is 9.90 Å². The van der Waals surface area contributed by atoms with Crippen LogP contribution in [0.4, 0.5) is 0 Å². The van der Waals surface area contributed by atoms with E-state index in [0.29, 0.717) is 20.6 Å². The average molecular weight is 316 g/mol. The minimum Gasteiger partial charge on any atom is -0.481 e. The van der Waals surface area contributed by atoms with Gasteiger partial charge in [0.2, 0.25) is 0 Å². The highest BCUT2D eigenvalue weighted by molar-refractivity contribution is 6.36. The summed E-state index contributed by atoms with van der Waals surface area (Å²) in [4.78, 5) is 10.6. The van der Waals surface area contributed by atoms with Crippen LogP contribution in [0.15, 0.2) is 36.4 Å². The Morgan fingerprint density at radius 2 is 1.63 bits per heavy atom. The molecule has 0 atom stereocenters. The molecule has 0 radical (unpaired) electrons. The smallest absolute Gasteiger partial charge is 0.307 e. The Morgan fingerprint density at radius 1 is 1.00 bits per heavy atom. The Morgan fingerprint density at radius 3 is 2.16 bits per heavy atom. The fraction of sp³-hybridized carbons (Fsp3) is 0.0714. The number of carbonyl (C=O) groups is 1. The Hall–Kier alpha value is -1.22. The first-order valence-corrected chi connectivity index (χ1v) is 6.56. The van der Waals surface area contributed by atoms with Crippen molar-refractivity contribution in [2.24, 2.45) is 0 Å². The van der Waals surface area contributed by atoms with Crippen LogP contribution >= 0.6 is 34.8 Å².